The molecule has 1 N–H and O–H groups in total. The van der Waals surface area contributed by atoms with Crippen LogP contribution in [0.25, 0.3) is 0 Å². The van der Waals surface area contributed by atoms with Gasteiger partial charge in [-0.1, -0.05) is 19.1 Å². The number of nitrogens with zero attached hydrogens (tertiary/aromatic N) is 1. The molecule has 2 rings (SSSR count). The van der Waals surface area contributed by atoms with Gasteiger partial charge in [0, 0.05) is 18.3 Å². The van der Waals surface area contributed by atoms with Crippen LogP contribution in [0.1, 0.15) is 46.0 Å². The summed E-state index contributed by atoms with van der Waals surface area (Å²) in [6.07, 6.45) is 2.66. The lowest BCUT2D eigenvalue weighted by Crippen LogP contribution is -2.58. The van der Waals surface area contributed by atoms with Gasteiger partial charge in [0.2, 0.25) is 0 Å². The number of Topliss-reactive ketones (excluding diaryl/α,β-unsaturated/α-hetero) is 1. The predicted octanol–water partition coefficient (Wildman–Crippen LogP) is 2.60. The minimum absolute atomic E-state index is 0.119. The van der Waals surface area contributed by atoms with Crippen molar-refractivity contribution in [3.05, 3.63) is 12.2 Å². The van der Waals surface area contributed by atoms with Gasteiger partial charge in [0.05, 0.1) is 17.6 Å². The average Bonchev–Trinajstić information content (AvgIpc) is 2.29. The van der Waals surface area contributed by atoms with Gasteiger partial charge in [-0.05, 0) is 32.1 Å². The third-order valence-corrected chi connectivity index (χ3v) is 5.20. The van der Waals surface area contributed by atoms with Crippen molar-refractivity contribution in [1.82, 2.24) is 0 Å². The van der Waals surface area contributed by atoms with Crippen LogP contribution in [-0.4, -0.2) is 16.5 Å². The Morgan fingerprint density at radius 2 is 2.28 bits per heavy atom. The van der Waals surface area contributed by atoms with Crippen molar-refractivity contribution in [1.29, 1.82) is 5.26 Å². The van der Waals surface area contributed by atoms with Gasteiger partial charge in [-0.15, -0.1) is 0 Å². The highest BCUT2D eigenvalue weighted by molar-refractivity contribution is 5.80. The molecular formula is C15H21NO2. The van der Waals surface area contributed by atoms with E-state index in [9.17, 15) is 15.2 Å². The maximum Gasteiger partial charge on any atom is 0.135 e. The monoisotopic (exact) mass is 247 g/mol. The topological polar surface area (TPSA) is 61.1 Å². The van der Waals surface area contributed by atoms with E-state index in [1.54, 1.807) is 0 Å². The molecule has 0 bridgehead atoms. The lowest BCUT2D eigenvalue weighted by molar-refractivity contribution is -0.169. The maximum atomic E-state index is 11.7. The molecule has 18 heavy (non-hydrogen) atoms. The summed E-state index contributed by atoms with van der Waals surface area (Å²) in [5.41, 5.74) is -0.463. The van der Waals surface area contributed by atoms with E-state index < -0.39 is 11.0 Å². The smallest absolute Gasteiger partial charge is 0.135 e. The third kappa shape index (κ3) is 1.80. The van der Waals surface area contributed by atoms with Gasteiger partial charge in [0.25, 0.3) is 0 Å². The largest absolute Gasteiger partial charge is 0.389 e. The van der Waals surface area contributed by atoms with Crippen molar-refractivity contribution in [2.45, 2.75) is 51.6 Å². The SMILES string of the molecule is C=C(C)[C@H]1C[C@H](C#N)[C@@]2(C)CCC(=O)C[C@@]2(O)C1. The van der Waals surface area contributed by atoms with E-state index in [-0.39, 0.29) is 24.0 Å². The van der Waals surface area contributed by atoms with E-state index in [1.165, 1.54) is 0 Å². The van der Waals surface area contributed by atoms with Gasteiger partial charge >= 0.3 is 0 Å². The van der Waals surface area contributed by atoms with Crippen LogP contribution in [0.3, 0.4) is 0 Å². The second-order valence-corrected chi connectivity index (χ2v) is 6.33. The van der Waals surface area contributed by atoms with Crippen LogP contribution in [0, 0.1) is 28.6 Å². The quantitative estimate of drug-likeness (QED) is 0.724. The number of aliphatic hydroxyl groups is 1. The first kappa shape index (κ1) is 13.3. The molecule has 3 heteroatoms. The summed E-state index contributed by atoms with van der Waals surface area (Å²) in [6, 6.07) is 2.36. The maximum absolute atomic E-state index is 11.7. The molecule has 3 nitrogen and oxygen atoms in total. The summed E-state index contributed by atoms with van der Waals surface area (Å²) >= 11 is 0. The summed E-state index contributed by atoms with van der Waals surface area (Å²) in [5.74, 6) is 0.0821. The Kier molecular flexibility index (Phi) is 3.11. The zero-order valence-corrected chi connectivity index (χ0v) is 11.2. The lowest BCUT2D eigenvalue weighted by Gasteiger charge is -2.55. The van der Waals surface area contributed by atoms with Gasteiger partial charge in [-0.3, -0.25) is 4.79 Å². The standard InChI is InChI=1S/C15H21NO2/c1-10(2)11-6-12(9-16)14(3)5-4-13(17)8-15(14,18)7-11/h11-12,18H,1,4-8H2,2-3H3/t11-,12+,14+,15-/m0/s1. The molecule has 4 atom stereocenters. The number of allylic oxidation sites excluding steroid dienone is 1. The highest BCUT2D eigenvalue weighted by atomic mass is 16.3. The first-order valence-corrected chi connectivity index (χ1v) is 6.61. The molecule has 0 amide bonds. The molecule has 98 valence electrons. The minimum atomic E-state index is -1.02. The van der Waals surface area contributed by atoms with E-state index in [4.69, 9.17) is 0 Å². The Morgan fingerprint density at radius 1 is 1.61 bits per heavy atom. The molecule has 2 saturated carbocycles. The van der Waals surface area contributed by atoms with Gasteiger partial charge in [-0.25, -0.2) is 0 Å². The Morgan fingerprint density at radius 3 is 2.83 bits per heavy atom. The molecule has 0 aromatic carbocycles. The first-order valence-electron chi connectivity index (χ1n) is 6.61. The van der Waals surface area contributed by atoms with Crippen LogP contribution < -0.4 is 0 Å². The van der Waals surface area contributed by atoms with Gasteiger partial charge in [-0.2, -0.15) is 5.26 Å². The predicted molar refractivity (Wildman–Crippen MR) is 68.6 cm³/mol. The minimum Gasteiger partial charge on any atom is -0.389 e. The molecule has 0 spiro atoms. The van der Waals surface area contributed by atoms with E-state index in [1.807, 2.05) is 13.8 Å². The molecular weight excluding hydrogens is 226 g/mol. The fraction of sp³-hybridized carbons (Fsp3) is 0.733. The van der Waals surface area contributed by atoms with E-state index in [2.05, 4.69) is 12.6 Å². The third-order valence-electron chi connectivity index (χ3n) is 5.20. The van der Waals surface area contributed by atoms with E-state index >= 15 is 0 Å². The van der Waals surface area contributed by atoms with Crippen LogP contribution >= 0.6 is 0 Å². The van der Waals surface area contributed by atoms with Gasteiger partial charge in [0.15, 0.2) is 0 Å². The van der Waals surface area contributed by atoms with Gasteiger partial charge < -0.3 is 5.11 Å². The second kappa shape index (κ2) is 4.20. The molecule has 0 heterocycles. The molecule has 0 aromatic rings. The van der Waals surface area contributed by atoms with Crippen molar-refractivity contribution in [2.24, 2.45) is 17.3 Å². The second-order valence-electron chi connectivity index (χ2n) is 6.33. The number of ketones is 1. The van der Waals surface area contributed by atoms with Crippen LogP contribution in [0.4, 0.5) is 0 Å². The number of hydrogen-bond donors (Lipinski definition) is 1. The Bertz CT molecular complexity index is 436. The zero-order chi connectivity index (χ0) is 13.6. The van der Waals surface area contributed by atoms with Crippen molar-refractivity contribution in [3.63, 3.8) is 0 Å². The van der Waals surface area contributed by atoms with Crippen molar-refractivity contribution >= 4 is 5.78 Å². The molecule has 0 aliphatic heterocycles. The number of carbonyl (C=O) groups excluding carboxylic acids is 1. The number of nitriles is 1. The molecule has 2 aliphatic carbocycles. The number of hydrogen-bond acceptors (Lipinski definition) is 3. The molecule has 0 aromatic heterocycles. The van der Waals surface area contributed by atoms with E-state index in [0.717, 1.165) is 12.0 Å². The number of rotatable bonds is 1. The fourth-order valence-electron chi connectivity index (χ4n) is 3.66. The summed E-state index contributed by atoms with van der Waals surface area (Å²) in [4.78, 5) is 11.7. The first-order chi connectivity index (χ1) is 8.32. The van der Waals surface area contributed by atoms with Gasteiger partial charge in [0.1, 0.15) is 5.78 Å². The Labute approximate surface area is 108 Å². The molecule has 0 saturated heterocycles. The summed E-state index contributed by atoms with van der Waals surface area (Å²) in [7, 11) is 0. The van der Waals surface area contributed by atoms with Crippen molar-refractivity contribution in [3.8, 4) is 6.07 Å². The summed E-state index contributed by atoms with van der Waals surface area (Å²) in [5, 5.41) is 20.3. The highest BCUT2D eigenvalue weighted by Gasteiger charge is 2.58. The number of carbonyl (C=O) groups is 1. The molecule has 0 unspecified atom stereocenters. The average molecular weight is 247 g/mol. The van der Waals surface area contributed by atoms with E-state index in [0.29, 0.717) is 19.3 Å². The normalized spacial score (nSPS) is 44.0. The Hall–Kier alpha value is -1.14. The highest BCUT2D eigenvalue weighted by Crippen LogP contribution is 2.57. The summed E-state index contributed by atoms with van der Waals surface area (Å²) < 4.78 is 0. The van der Waals surface area contributed by atoms with Crippen LogP contribution in [0.15, 0.2) is 12.2 Å². The molecule has 0 radical (unpaired) electrons. The van der Waals surface area contributed by atoms with Crippen LogP contribution in [-0.2, 0) is 4.79 Å². The van der Waals surface area contributed by atoms with Crippen LogP contribution in [0.5, 0.6) is 0 Å². The number of fused-ring (bicyclic) bond motifs is 1. The van der Waals surface area contributed by atoms with Crippen molar-refractivity contribution < 1.29 is 9.90 Å². The summed E-state index contributed by atoms with van der Waals surface area (Å²) in [6.45, 7) is 7.87. The fourth-order valence-corrected chi connectivity index (χ4v) is 3.66. The molecule has 2 fully saturated rings. The van der Waals surface area contributed by atoms with Crippen molar-refractivity contribution in [2.75, 3.05) is 0 Å². The molecule has 2 aliphatic rings. The Balaban J connectivity index is 2.39. The van der Waals surface area contributed by atoms with Crippen LogP contribution in [0.2, 0.25) is 0 Å². The lowest BCUT2D eigenvalue weighted by atomic mass is 9.50. The zero-order valence-electron chi connectivity index (χ0n) is 11.2.